The van der Waals surface area contributed by atoms with E-state index in [-0.39, 0.29) is 24.3 Å². The Balaban J connectivity index is 1.73. The van der Waals surface area contributed by atoms with Crippen LogP contribution in [0.4, 0.5) is 5.69 Å². The van der Waals surface area contributed by atoms with Crippen LogP contribution >= 0.6 is 0 Å². The third kappa shape index (κ3) is 3.08. The minimum absolute atomic E-state index is 0.0834. The van der Waals surface area contributed by atoms with Gasteiger partial charge in [0.15, 0.2) is 0 Å². The lowest BCUT2D eigenvalue weighted by atomic mass is 10.1. The van der Waals surface area contributed by atoms with Gasteiger partial charge in [0.2, 0.25) is 11.8 Å². The van der Waals surface area contributed by atoms with Gasteiger partial charge in [0, 0.05) is 36.1 Å². The van der Waals surface area contributed by atoms with Gasteiger partial charge in [-0.05, 0) is 18.2 Å². The van der Waals surface area contributed by atoms with Gasteiger partial charge in [-0.1, -0.05) is 6.07 Å². The van der Waals surface area contributed by atoms with Crippen molar-refractivity contribution in [2.45, 2.75) is 0 Å². The van der Waals surface area contributed by atoms with Crippen LogP contribution in [0.25, 0.3) is 0 Å². The van der Waals surface area contributed by atoms with Gasteiger partial charge in [0.25, 0.3) is 5.91 Å². The third-order valence-electron chi connectivity index (χ3n) is 3.50. The van der Waals surface area contributed by atoms with E-state index in [0.29, 0.717) is 25.2 Å². The van der Waals surface area contributed by atoms with Crippen LogP contribution in [0.5, 0.6) is 0 Å². The van der Waals surface area contributed by atoms with E-state index < -0.39 is 0 Å². The predicted octanol–water partition coefficient (Wildman–Crippen LogP) is -0.316. The SMILES string of the molecule is O=C1C=C(Nc2cccc(C(=O)N3CCNC(=O)C3)c2)CN1. The average Bonchev–Trinajstić information content (AvgIpc) is 2.92. The molecule has 114 valence electrons. The van der Waals surface area contributed by atoms with Crippen molar-refractivity contribution in [3.8, 4) is 0 Å². The molecule has 22 heavy (non-hydrogen) atoms. The Kier molecular flexibility index (Phi) is 3.78. The van der Waals surface area contributed by atoms with E-state index in [1.54, 1.807) is 18.2 Å². The van der Waals surface area contributed by atoms with Crippen molar-refractivity contribution in [2.75, 3.05) is 31.5 Å². The Morgan fingerprint density at radius 2 is 2.09 bits per heavy atom. The van der Waals surface area contributed by atoms with Crippen molar-refractivity contribution in [3.05, 3.63) is 41.6 Å². The van der Waals surface area contributed by atoms with Crippen LogP contribution < -0.4 is 16.0 Å². The monoisotopic (exact) mass is 300 g/mol. The maximum absolute atomic E-state index is 12.4. The molecule has 0 spiro atoms. The van der Waals surface area contributed by atoms with Gasteiger partial charge in [-0.25, -0.2) is 0 Å². The number of hydrogen-bond acceptors (Lipinski definition) is 4. The Bertz CT molecular complexity index is 669. The normalized spacial score (nSPS) is 17.6. The molecule has 0 aliphatic carbocycles. The third-order valence-corrected chi connectivity index (χ3v) is 3.50. The maximum Gasteiger partial charge on any atom is 0.254 e. The topological polar surface area (TPSA) is 90.5 Å². The number of hydrogen-bond donors (Lipinski definition) is 3. The molecule has 3 amide bonds. The minimum Gasteiger partial charge on any atom is -0.357 e. The number of benzene rings is 1. The molecule has 3 N–H and O–H groups in total. The van der Waals surface area contributed by atoms with Crippen LogP contribution in [0.3, 0.4) is 0 Å². The van der Waals surface area contributed by atoms with Gasteiger partial charge in [-0.2, -0.15) is 0 Å². The van der Waals surface area contributed by atoms with Crippen molar-refractivity contribution >= 4 is 23.4 Å². The number of anilines is 1. The fourth-order valence-electron chi connectivity index (χ4n) is 2.43. The average molecular weight is 300 g/mol. The fourth-order valence-corrected chi connectivity index (χ4v) is 2.43. The molecule has 0 saturated carbocycles. The maximum atomic E-state index is 12.4. The number of rotatable bonds is 3. The molecule has 2 aliphatic rings. The summed E-state index contributed by atoms with van der Waals surface area (Å²) in [6, 6.07) is 7.03. The Labute approximate surface area is 127 Å². The standard InChI is InChI=1S/C15H16N4O3/c20-13-7-12(8-17-13)18-11-3-1-2-10(6-11)15(22)19-5-4-16-14(21)9-19/h1-3,6-7,18H,4-5,8-9H2,(H,16,21)(H,17,20). The summed E-state index contributed by atoms with van der Waals surface area (Å²) in [5.74, 6) is -0.447. The zero-order valence-electron chi connectivity index (χ0n) is 11.9. The number of piperazine rings is 1. The van der Waals surface area contributed by atoms with Crippen LogP contribution in [-0.2, 0) is 9.59 Å². The van der Waals surface area contributed by atoms with Crippen LogP contribution in [0, 0.1) is 0 Å². The highest BCUT2D eigenvalue weighted by atomic mass is 16.2. The van der Waals surface area contributed by atoms with Gasteiger partial charge < -0.3 is 20.9 Å². The van der Waals surface area contributed by atoms with E-state index in [1.807, 2.05) is 6.07 Å². The van der Waals surface area contributed by atoms with E-state index in [0.717, 1.165) is 11.4 Å². The molecule has 1 fully saturated rings. The molecule has 0 aromatic heterocycles. The molecule has 7 nitrogen and oxygen atoms in total. The molecule has 0 unspecified atom stereocenters. The summed E-state index contributed by atoms with van der Waals surface area (Å²) in [6.07, 6.45) is 1.49. The van der Waals surface area contributed by atoms with Crippen molar-refractivity contribution < 1.29 is 14.4 Å². The molecule has 3 rings (SSSR count). The molecule has 1 aromatic rings. The zero-order chi connectivity index (χ0) is 15.5. The second-order valence-electron chi connectivity index (χ2n) is 5.17. The molecule has 1 aromatic carbocycles. The quantitative estimate of drug-likeness (QED) is 0.714. The Morgan fingerprint density at radius 1 is 1.23 bits per heavy atom. The summed E-state index contributed by atoms with van der Waals surface area (Å²) >= 11 is 0. The summed E-state index contributed by atoms with van der Waals surface area (Å²) in [4.78, 5) is 36.5. The van der Waals surface area contributed by atoms with E-state index in [4.69, 9.17) is 0 Å². The molecule has 0 bridgehead atoms. The molecular weight excluding hydrogens is 284 g/mol. The van der Waals surface area contributed by atoms with Gasteiger partial charge in [0.05, 0.1) is 13.1 Å². The minimum atomic E-state index is -0.173. The first-order valence-electron chi connectivity index (χ1n) is 7.03. The van der Waals surface area contributed by atoms with Crippen LogP contribution in [0.2, 0.25) is 0 Å². The molecule has 1 saturated heterocycles. The van der Waals surface area contributed by atoms with Gasteiger partial charge >= 0.3 is 0 Å². The van der Waals surface area contributed by atoms with Crippen molar-refractivity contribution in [2.24, 2.45) is 0 Å². The van der Waals surface area contributed by atoms with Crippen LogP contribution in [0.1, 0.15) is 10.4 Å². The van der Waals surface area contributed by atoms with Gasteiger partial charge in [-0.15, -0.1) is 0 Å². The fraction of sp³-hybridized carbons (Fsp3) is 0.267. The van der Waals surface area contributed by atoms with E-state index in [1.165, 1.54) is 11.0 Å². The summed E-state index contributed by atoms with van der Waals surface area (Å²) in [5.41, 5.74) is 2.00. The zero-order valence-corrected chi connectivity index (χ0v) is 11.9. The number of nitrogens with zero attached hydrogens (tertiary/aromatic N) is 1. The Hall–Kier alpha value is -2.83. The largest absolute Gasteiger partial charge is 0.357 e. The summed E-state index contributed by atoms with van der Waals surface area (Å²) in [6.45, 7) is 1.51. The van der Waals surface area contributed by atoms with Gasteiger partial charge in [0.1, 0.15) is 0 Å². The van der Waals surface area contributed by atoms with Crippen LogP contribution in [0.15, 0.2) is 36.0 Å². The van der Waals surface area contributed by atoms with Crippen molar-refractivity contribution in [1.82, 2.24) is 15.5 Å². The van der Waals surface area contributed by atoms with Crippen LogP contribution in [-0.4, -0.2) is 48.8 Å². The van der Waals surface area contributed by atoms with Crippen molar-refractivity contribution in [1.29, 1.82) is 0 Å². The molecule has 0 radical (unpaired) electrons. The lowest BCUT2D eigenvalue weighted by molar-refractivity contribution is -0.123. The van der Waals surface area contributed by atoms with E-state index in [9.17, 15) is 14.4 Å². The predicted molar refractivity (Wildman–Crippen MR) is 80.1 cm³/mol. The summed E-state index contributed by atoms with van der Waals surface area (Å²) in [7, 11) is 0. The summed E-state index contributed by atoms with van der Waals surface area (Å²) < 4.78 is 0. The highest BCUT2D eigenvalue weighted by molar-refractivity contribution is 5.98. The lowest BCUT2D eigenvalue weighted by Gasteiger charge is -2.26. The summed E-state index contributed by atoms with van der Waals surface area (Å²) in [5, 5.41) is 8.47. The highest BCUT2D eigenvalue weighted by Crippen LogP contribution is 2.16. The first-order valence-corrected chi connectivity index (χ1v) is 7.03. The number of carbonyl (C=O) groups excluding carboxylic acids is 3. The molecule has 2 heterocycles. The highest BCUT2D eigenvalue weighted by Gasteiger charge is 2.22. The van der Waals surface area contributed by atoms with E-state index >= 15 is 0 Å². The van der Waals surface area contributed by atoms with Crippen molar-refractivity contribution in [3.63, 3.8) is 0 Å². The molecular formula is C15H16N4O3. The first-order chi connectivity index (χ1) is 10.6. The molecule has 2 aliphatic heterocycles. The second-order valence-corrected chi connectivity index (χ2v) is 5.17. The number of carbonyl (C=O) groups is 3. The smallest absolute Gasteiger partial charge is 0.254 e. The molecule has 7 heteroatoms. The first kappa shape index (κ1) is 14.1. The second kappa shape index (κ2) is 5.88. The van der Waals surface area contributed by atoms with E-state index in [2.05, 4.69) is 16.0 Å². The van der Waals surface area contributed by atoms with Gasteiger partial charge in [-0.3, -0.25) is 14.4 Å². The Morgan fingerprint density at radius 3 is 2.82 bits per heavy atom. The number of amides is 3. The molecule has 0 atom stereocenters. The number of nitrogens with one attached hydrogen (secondary N) is 3. The lowest BCUT2D eigenvalue weighted by Crippen LogP contribution is -2.49.